The van der Waals surface area contributed by atoms with Crippen molar-refractivity contribution in [1.29, 1.82) is 0 Å². The quantitative estimate of drug-likeness (QED) is 0.600. The van der Waals surface area contributed by atoms with Crippen LogP contribution in [0.5, 0.6) is 5.75 Å². The lowest BCUT2D eigenvalue weighted by molar-refractivity contribution is -0.127. The van der Waals surface area contributed by atoms with Crippen LogP contribution in [0.3, 0.4) is 0 Å². The molecule has 0 spiro atoms. The molecule has 1 amide bonds. The smallest absolute Gasteiger partial charge is 0.335 e. The van der Waals surface area contributed by atoms with E-state index in [1.807, 2.05) is 10.3 Å². The van der Waals surface area contributed by atoms with Crippen LogP contribution in [0.2, 0.25) is 0 Å². The van der Waals surface area contributed by atoms with Gasteiger partial charge >= 0.3 is 5.97 Å². The lowest BCUT2D eigenvalue weighted by atomic mass is 10.1. The van der Waals surface area contributed by atoms with Crippen molar-refractivity contribution in [1.82, 2.24) is 10.3 Å². The Morgan fingerprint density at radius 3 is 2.32 bits per heavy atom. The van der Waals surface area contributed by atoms with Gasteiger partial charge in [0.25, 0.3) is 15.9 Å². The first-order chi connectivity index (χ1) is 13.0. The highest BCUT2D eigenvalue weighted by Crippen LogP contribution is 2.21. The van der Waals surface area contributed by atoms with E-state index in [1.165, 1.54) is 32.0 Å². The van der Waals surface area contributed by atoms with E-state index in [9.17, 15) is 22.4 Å². The maximum atomic E-state index is 12.9. The SMILES string of the molecule is Cc1cc(C(=O)O)cc(S(=O)(=O)NNC(=O)[C@@H](C)Oc2ccc(F)cc2)c1C. The molecule has 0 radical (unpaired) electrons. The van der Waals surface area contributed by atoms with Crippen molar-refractivity contribution in [3.05, 3.63) is 58.9 Å². The minimum atomic E-state index is -4.23. The van der Waals surface area contributed by atoms with Gasteiger partial charge in [-0.2, -0.15) is 0 Å². The average molecular weight is 410 g/mol. The number of rotatable bonds is 7. The van der Waals surface area contributed by atoms with Crippen LogP contribution < -0.4 is 15.0 Å². The van der Waals surface area contributed by atoms with Crippen LogP contribution in [0.15, 0.2) is 41.3 Å². The van der Waals surface area contributed by atoms with E-state index in [1.54, 1.807) is 6.92 Å². The number of hydrogen-bond donors (Lipinski definition) is 3. The Morgan fingerprint density at radius 2 is 1.75 bits per heavy atom. The van der Waals surface area contributed by atoms with Crippen LogP contribution in [-0.4, -0.2) is 31.5 Å². The van der Waals surface area contributed by atoms with Crippen LogP contribution in [0.25, 0.3) is 0 Å². The molecule has 0 aliphatic carbocycles. The highest BCUT2D eigenvalue weighted by Gasteiger charge is 2.23. The molecule has 0 aliphatic heterocycles. The summed E-state index contributed by atoms with van der Waals surface area (Å²) in [6, 6.07) is 7.33. The van der Waals surface area contributed by atoms with E-state index in [0.29, 0.717) is 11.1 Å². The molecular formula is C18H19FN2O6S. The van der Waals surface area contributed by atoms with Crippen LogP contribution >= 0.6 is 0 Å². The second-order valence-corrected chi connectivity index (χ2v) is 7.68. The number of sulfonamides is 1. The van der Waals surface area contributed by atoms with Gasteiger partial charge in [0.2, 0.25) is 0 Å². The van der Waals surface area contributed by atoms with Crippen molar-refractivity contribution in [3.63, 3.8) is 0 Å². The Kier molecular flexibility index (Phi) is 6.37. The van der Waals surface area contributed by atoms with Gasteiger partial charge in [-0.05, 0) is 68.3 Å². The molecule has 0 unspecified atom stereocenters. The van der Waals surface area contributed by atoms with Gasteiger partial charge in [0.05, 0.1) is 10.5 Å². The molecule has 2 aromatic carbocycles. The number of nitrogens with one attached hydrogen (secondary N) is 2. The van der Waals surface area contributed by atoms with Crippen molar-refractivity contribution in [3.8, 4) is 5.75 Å². The third-order valence-electron chi connectivity index (χ3n) is 3.96. The van der Waals surface area contributed by atoms with E-state index in [2.05, 4.69) is 0 Å². The number of aryl methyl sites for hydroxylation is 1. The van der Waals surface area contributed by atoms with E-state index < -0.39 is 33.8 Å². The summed E-state index contributed by atoms with van der Waals surface area (Å²) >= 11 is 0. The van der Waals surface area contributed by atoms with E-state index in [0.717, 1.165) is 18.2 Å². The maximum absolute atomic E-state index is 12.9. The maximum Gasteiger partial charge on any atom is 0.335 e. The highest BCUT2D eigenvalue weighted by molar-refractivity contribution is 7.89. The number of aromatic carboxylic acids is 1. The minimum absolute atomic E-state index is 0.192. The molecule has 2 rings (SSSR count). The zero-order valence-electron chi connectivity index (χ0n) is 15.3. The van der Waals surface area contributed by atoms with Crippen molar-refractivity contribution < 1.29 is 32.2 Å². The average Bonchev–Trinajstić information content (AvgIpc) is 2.63. The van der Waals surface area contributed by atoms with Crippen molar-refractivity contribution in [2.75, 3.05) is 0 Å². The third kappa shape index (κ3) is 5.05. The number of carbonyl (C=O) groups excluding carboxylic acids is 1. The fourth-order valence-corrected chi connectivity index (χ4v) is 3.47. The summed E-state index contributed by atoms with van der Waals surface area (Å²) in [6.07, 6.45) is -1.08. The summed E-state index contributed by atoms with van der Waals surface area (Å²) in [6.45, 7) is 4.49. The van der Waals surface area contributed by atoms with Crippen molar-refractivity contribution in [2.45, 2.75) is 31.8 Å². The summed E-state index contributed by atoms with van der Waals surface area (Å²) < 4.78 is 43.2. The van der Waals surface area contributed by atoms with E-state index >= 15 is 0 Å². The second kappa shape index (κ2) is 8.36. The fourth-order valence-electron chi connectivity index (χ4n) is 2.27. The van der Waals surface area contributed by atoms with E-state index in [4.69, 9.17) is 9.84 Å². The Bertz CT molecular complexity index is 1010. The molecule has 0 saturated carbocycles. The topological polar surface area (TPSA) is 122 Å². The van der Waals surface area contributed by atoms with Crippen molar-refractivity contribution in [2.24, 2.45) is 0 Å². The molecule has 10 heteroatoms. The van der Waals surface area contributed by atoms with Crippen LogP contribution in [0, 0.1) is 19.7 Å². The number of hydrogen-bond acceptors (Lipinski definition) is 5. The highest BCUT2D eigenvalue weighted by atomic mass is 32.2. The third-order valence-corrected chi connectivity index (χ3v) is 5.33. The lowest BCUT2D eigenvalue weighted by Crippen LogP contribution is -2.47. The lowest BCUT2D eigenvalue weighted by Gasteiger charge is -2.16. The first-order valence-corrected chi connectivity index (χ1v) is 9.58. The summed E-state index contributed by atoms with van der Waals surface area (Å²) in [5.41, 5.74) is 2.65. The van der Waals surface area contributed by atoms with Gasteiger partial charge in [-0.25, -0.2) is 17.6 Å². The zero-order chi connectivity index (χ0) is 21.1. The first kappa shape index (κ1) is 21.3. The molecule has 3 N–H and O–H groups in total. The van der Waals surface area contributed by atoms with Gasteiger partial charge in [-0.3, -0.25) is 10.2 Å². The number of ether oxygens (including phenoxy) is 1. The number of hydrazine groups is 1. The minimum Gasteiger partial charge on any atom is -0.481 e. The summed E-state index contributed by atoms with van der Waals surface area (Å²) in [4.78, 5) is 24.9. The molecule has 2 aromatic rings. The number of carbonyl (C=O) groups is 2. The Balaban J connectivity index is 2.11. The second-order valence-electron chi connectivity index (χ2n) is 6.03. The van der Waals surface area contributed by atoms with Gasteiger partial charge < -0.3 is 9.84 Å². The first-order valence-electron chi connectivity index (χ1n) is 8.09. The van der Waals surface area contributed by atoms with Gasteiger partial charge in [0, 0.05) is 0 Å². The molecule has 0 aliphatic rings. The van der Waals surface area contributed by atoms with Crippen LogP contribution in [-0.2, 0) is 14.8 Å². The number of carboxylic acid groups (broad SMARTS) is 1. The Labute approximate surface area is 161 Å². The predicted molar refractivity (Wildman–Crippen MR) is 97.8 cm³/mol. The van der Waals surface area contributed by atoms with Crippen LogP contribution in [0.1, 0.15) is 28.4 Å². The van der Waals surface area contributed by atoms with Gasteiger partial charge in [-0.15, -0.1) is 4.83 Å². The molecule has 0 aromatic heterocycles. The molecule has 0 heterocycles. The summed E-state index contributed by atoms with van der Waals surface area (Å²) in [5, 5.41) is 9.11. The monoisotopic (exact) mass is 410 g/mol. The molecule has 8 nitrogen and oxygen atoms in total. The molecule has 150 valence electrons. The van der Waals surface area contributed by atoms with Gasteiger partial charge in [0.1, 0.15) is 11.6 Å². The summed E-state index contributed by atoms with van der Waals surface area (Å²) in [5.74, 6) is -2.31. The largest absolute Gasteiger partial charge is 0.481 e. The fraction of sp³-hybridized carbons (Fsp3) is 0.222. The molecule has 0 bridgehead atoms. The summed E-state index contributed by atoms with van der Waals surface area (Å²) in [7, 11) is -4.23. The van der Waals surface area contributed by atoms with Gasteiger partial charge in [-0.1, -0.05) is 0 Å². The number of amides is 1. The predicted octanol–water partition coefficient (Wildman–Crippen LogP) is 1.92. The Hall–Kier alpha value is -2.98. The molecule has 0 fully saturated rings. The van der Waals surface area contributed by atoms with Gasteiger partial charge in [0.15, 0.2) is 6.10 Å². The standard InChI is InChI=1S/C18H19FN2O6S/c1-10-8-13(18(23)24)9-16(11(10)2)28(25,26)21-20-17(22)12(3)27-15-6-4-14(19)5-7-15/h4-9,12,21H,1-3H3,(H,20,22)(H,23,24)/t12-/m1/s1. The number of halogens is 1. The molecule has 1 atom stereocenters. The number of benzene rings is 2. The molecular weight excluding hydrogens is 391 g/mol. The van der Waals surface area contributed by atoms with E-state index in [-0.39, 0.29) is 16.2 Å². The number of carboxylic acids is 1. The Morgan fingerprint density at radius 1 is 1.14 bits per heavy atom. The zero-order valence-corrected chi connectivity index (χ0v) is 16.1. The van der Waals surface area contributed by atoms with Crippen LogP contribution in [0.4, 0.5) is 4.39 Å². The normalized spacial score (nSPS) is 12.3. The van der Waals surface area contributed by atoms with Crippen molar-refractivity contribution >= 4 is 21.9 Å². The molecule has 28 heavy (non-hydrogen) atoms. The molecule has 0 saturated heterocycles.